The molecule has 3 heteroatoms. The van der Waals surface area contributed by atoms with E-state index in [0.717, 1.165) is 41.9 Å². The SMILES string of the molecule is Cc1nc(C)c2cc(-c3cccc4c3CCN(C)C4)ccc2n1. The molecule has 0 amide bonds. The van der Waals surface area contributed by atoms with Crippen molar-refractivity contribution in [1.29, 1.82) is 0 Å². The van der Waals surface area contributed by atoms with Gasteiger partial charge in [-0.05, 0) is 61.7 Å². The van der Waals surface area contributed by atoms with E-state index in [-0.39, 0.29) is 0 Å². The third-order valence-corrected chi connectivity index (χ3v) is 4.77. The molecule has 3 aromatic rings. The molecule has 3 nitrogen and oxygen atoms in total. The summed E-state index contributed by atoms with van der Waals surface area (Å²) < 4.78 is 0. The van der Waals surface area contributed by atoms with Gasteiger partial charge in [0, 0.05) is 24.2 Å². The average molecular weight is 303 g/mol. The molecule has 0 N–H and O–H groups in total. The lowest BCUT2D eigenvalue weighted by Crippen LogP contribution is -2.26. The van der Waals surface area contributed by atoms with Crippen molar-refractivity contribution in [3.8, 4) is 11.1 Å². The Labute approximate surface area is 137 Å². The predicted molar refractivity (Wildman–Crippen MR) is 94.5 cm³/mol. The van der Waals surface area contributed by atoms with Crippen LogP contribution in [0.15, 0.2) is 36.4 Å². The summed E-state index contributed by atoms with van der Waals surface area (Å²) in [5, 5.41) is 1.15. The second-order valence-corrected chi connectivity index (χ2v) is 6.52. The van der Waals surface area contributed by atoms with Crippen LogP contribution >= 0.6 is 0 Å². The molecule has 2 heterocycles. The highest BCUT2D eigenvalue weighted by Crippen LogP contribution is 2.32. The molecule has 23 heavy (non-hydrogen) atoms. The van der Waals surface area contributed by atoms with Crippen LogP contribution in [0.4, 0.5) is 0 Å². The minimum atomic E-state index is 0.836. The maximum Gasteiger partial charge on any atom is 0.126 e. The van der Waals surface area contributed by atoms with Crippen LogP contribution in [0.3, 0.4) is 0 Å². The van der Waals surface area contributed by atoms with Crippen LogP contribution in [0.2, 0.25) is 0 Å². The lowest BCUT2D eigenvalue weighted by atomic mass is 9.90. The summed E-state index contributed by atoms with van der Waals surface area (Å²) in [5.41, 5.74) is 7.66. The molecule has 0 aliphatic carbocycles. The Hall–Kier alpha value is -2.26. The van der Waals surface area contributed by atoms with E-state index < -0.39 is 0 Å². The molecule has 0 unspecified atom stereocenters. The highest BCUT2D eigenvalue weighted by Gasteiger charge is 2.17. The van der Waals surface area contributed by atoms with Crippen molar-refractivity contribution in [2.45, 2.75) is 26.8 Å². The van der Waals surface area contributed by atoms with Crippen LogP contribution in [0.5, 0.6) is 0 Å². The number of aromatic nitrogens is 2. The maximum atomic E-state index is 4.55. The normalized spacial score (nSPS) is 14.9. The average Bonchev–Trinajstić information content (AvgIpc) is 2.53. The highest BCUT2D eigenvalue weighted by atomic mass is 15.1. The number of benzene rings is 2. The number of hydrogen-bond donors (Lipinski definition) is 0. The van der Waals surface area contributed by atoms with E-state index in [4.69, 9.17) is 0 Å². The Bertz CT molecular complexity index is 899. The van der Waals surface area contributed by atoms with Gasteiger partial charge in [-0.2, -0.15) is 0 Å². The summed E-state index contributed by atoms with van der Waals surface area (Å²) >= 11 is 0. The van der Waals surface area contributed by atoms with E-state index in [1.54, 1.807) is 0 Å². The van der Waals surface area contributed by atoms with E-state index in [1.165, 1.54) is 22.3 Å². The molecule has 0 spiro atoms. The zero-order valence-electron chi connectivity index (χ0n) is 13.9. The zero-order valence-corrected chi connectivity index (χ0v) is 13.9. The van der Waals surface area contributed by atoms with E-state index >= 15 is 0 Å². The van der Waals surface area contributed by atoms with Gasteiger partial charge >= 0.3 is 0 Å². The lowest BCUT2D eigenvalue weighted by Gasteiger charge is -2.27. The Kier molecular flexibility index (Phi) is 3.38. The summed E-state index contributed by atoms with van der Waals surface area (Å²) in [4.78, 5) is 11.4. The Morgan fingerprint density at radius 3 is 2.78 bits per heavy atom. The topological polar surface area (TPSA) is 29.0 Å². The van der Waals surface area contributed by atoms with Crippen molar-refractivity contribution in [2.75, 3.05) is 13.6 Å². The summed E-state index contributed by atoms with van der Waals surface area (Å²) in [6.07, 6.45) is 1.11. The van der Waals surface area contributed by atoms with Gasteiger partial charge in [-0.1, -0.05) is 24.3 Å². The molecule has 1 aliphatic heterocycles. The van der Waals surface area contributed by atoms with Crippen LogP contribution in [0, 0.1) is 13.8 Å². The van der Waals surface area contributed by atoms with Gasteiger partial charge in [0.15, 0.2) is 0 Å². The van der Waals surface area contributed by atoms with Gasteiger partial charge < -0.3 is 4.90 Å². The van der Waals surface area contributed by atoms with Crippen LogP contribution in [0.1, 0.15) is 22.6 Å². The highest BCUT2D eigenvalue weighted by molar-refractivity contribution is 5.87. The van der Waals surface area contributed by atoms with Gasteiger partial charge in [0.05, 0.1) is 5.52 Å². The molecule has 1 aromatic heterocycles. The number of hydrogen-bond acceptors (Lipinski definition) is 3. The van der Waals surface area contributed by atoms with Crippen molar-refractivity contribution >= 4 is 10.9 Å². The maximum absolute atomic E-state index is 4.55. The van der Waals surface area contributed by atoms with E-state index in [9.17, 15) is 0 Å². The van der Waals surface area contributed by atoms with Crippen LogP contribution in [-0.4, -0.2) is 28.5 Å². The third-order valence-electron chi connectivity index (χ3n) is 4.77. The fourth-order valence-electron chi connectivity index (χ4n) is 3.61. The number of aryl methyl sites for hydroxylation is 2. The Balaban J connectivity index is 1.89. The van der Waals surface area contributed by atoms with E-state index in [0.29, 0.717) is 0 Å². The van der Waals surface area contributed by atoms with Crippen molar-refractivity contribution < 1.29 is 0 Å². The van der Waals surface area contributed by atoms with Gasteiger partial charge in [0.2, 0.25) is 0 Å². The van der Waals surface area contributed by atoms with Gasteiger partial charge in [0.25, 0.3) is 0 Å². The summed E-state index contributed by atoms with van der Waals surface area (Å²) in [7, 11) is 2.19. The minimum Gasteiger partial charge on any atom is -0.302 e. The smallest absolute Gasteiger partial charge is 0.126 e. The number of likely N-dealkylation sites (N-methyl/N-ethyl adjacent to an activating group) is 1. The first kappa shape index (κ1) is 14.3. The minimum absolute atomic E-state index is 0.836. The fourth-order valence-corrected chi connectivity index (χ4v) is 3.61. The molecule has 0 radical (unpaired) electrons. The Morgan fingerprint density at radius 2 is 1.91 bits per heavy atom. The first-order valence-electron chi connectivity index (χ1n) is 8.16. The van der Waals surface area contributed by atoms with Crippen molar-refractivity contribution in [3.63, 3.8) is 0 Å². The number of nitrogens with zero attached hydrogens (tertiary/aromatic N) is 3. The van der Waals surface area contributed by atoms with E-state index in [2.05, 4.69) is 65.2 Å². The summed E-state index contributed by atoms with van der Waals surface area (Å²) in [6.45, 7) is 6.18. The first-order chi connectivity index (χ1) is 11.1. The summed E-state index contributed by atoms with van der Waals surface area (Å²) in [5.74, 6) is 0.836. The van der Waals surface area contributed by atoms with Crippen LogP contribution in [0.25, 0.3) is 22.0 Å². The molecular formula is C20H21N3. The van der Waals surface area contributed by atoms with Crippen molar-refractivity contribution in [2.24, 2.45) is 0 Å². The standard InChI is InChI=1S/C20H21N3/c1-13-19-11-15(7-8-20(19)22-14(2)21-13)17-6-4-5-16-12-23(3)10-9-18(16)17/h4-8,11H,9-10,12H2,1-3H3. The molecule has 0 bridgehead atoms. The number of rotatable bonds is 1. The van der Waals surface area contributed by atoms with Gasteiger partial charge in [-0.3, -0.25) is 0 Å². The molecule has 116 valence electrons. The molecule has 2 aromatic carbocycles. The molecule has 0 saturated carbocycles. The second-order valence-electron chi connectivity index (χ2n) is 6.52. The molecule has 4 rings (SSSR count). The number of fused-ring (bicyclic) bond motifs is 2. The van der Waals surface area contributed by atoms with Gasteiger partial charge in [0.1, 0.15) is 5.82 Å². The lowest BCUT2D eigenvalue weighted by molar-refractivity contribution is 0.313. The molecule has 1 aliphatic rings. The molecule has 0 fully saturated rings. The third kappa shape index (κ3) is 2.51. The fraction of sp³-hybridized carbons (Fsp3) is 0.300. The zero-order chi connectivity index (χ0) is 16.0. The first-order valence-corrected chi connectivity index (χ1v) is 8.16. The Morgan fingerprint density at radius 1 is 1.04 bits per heavy atom. The van der Waals surface area contributed by atoms with Crippen molar-refractivity contribution in [3.05, 3.63) is 59.0 Å². The van der Waals surface area contributed by atoms with Crippen LogP contribution in [-0.2, 0) is 13.0 Å². The van der Waals surface area contributed by atoms with Crippen LogP contribution < -0.4 is 0 Å². The van der Waals surface area contributed by atoms with E-state index in [1.807, 2.05) is 6.92 Å². The molecule has 0 atom stereocenters. The molecular weight excluding hydrogens is 282 g/mol. The quantitative estimate of drug-likeness (QED) is 0.682. The molecule has 0 saturated heterocycles. The van der Waals surface area contributed by atoms with Crippen molar-refractivity contribution in [1.82, 2.24) is 14.9 Å². The van der Waals surface area contributed by atoms with Gasteiger partial charge in [-0.15, -0.1) is 0 Å². The largest absolute Gasteiger partial charge is 0.302 e. The monoisotopic (exact) mass is 303 g/mol. The predicted octanol–water partition coefficient (Wildman–Crippen LogP) is 3.90. The second kappa shape index (κ2) is 5.43. The summed E-state index contributed by atoms with van der Waals surface area (Å²) in [6, 6.07) is 13.2. The van der Waals surface area contributed by atoms with Gasteiger partial charge in [-0.25, -0.2) is 9.97 Å².